The Morgan fingerprint density at radius 2 is 2.12 bits per heavy atom. The summed E-state index contributed by atoms with van der Waals surface area (Å²) in [5, 5.41) is 0. The lowest BCUT2D eigenvalue weighted by atomic mass is 9.98. The summed E-state index contributed by atoms with van der Waals surface area (Å²) < 4.78 is 18.9. The van der Waals surface area contributed by atoms with E-state index in [1.807, 2.05) is 6.92 Å². The fraction of sp³-hybridized carbons (Fsp3) is 0.500. The highest BCUT2D eigenvalue weighted by atomic mass is 19.1. The third-order valence-electron chi connectivity index (χ3n) is 2.71. The Kier molecular flexibility index (Phi) is 4.71. The summed E-state index contributed by atoms with van der Waals surface area (Å²) in [5.41, 5.74) is 2.48. The molecule has 16 heavy (non-hydrogen) atoms. The lowest BCUT2D eigenvalue weighted by molar-refractivity contribution is 0.141. The molecule has 2 N–H and O–H groups in total. The molecular weight excluding hydrogens is 209 g/mol. The number of ether oxygens (including phenoxy) is 1. The van der Waals surface area contributed by atoms with E-state index in [1.54, 1.807) is 14.0 Å². The van der Waals surface area contributed by atoms with E-state index in [0.717, 1.165) is 17.5 Å². The molecule has 1 rings (SSSR count). The van der Waals surface area contributed by atoms with Gasteiger partial charge in [-0.05, 0) is 37.0 Å². The van der Waals surface area contributed by atoms with Gasteiger partial charge < -0.3 is 9.57 Å². The first-order chi connectivity index (χ1) is 7.65. The summed E-state index contributed by atoms with van der Waals surface area (Å²) in [6.07, 6.45) is 1.39. The van der Waals surface area contributed by atoms with Gasteiger partial charge >= 0.3 is 0 Å². The molecule has 0 bridgehead atoms. The minimum absolute atomic E-state index is 0.249. The van der Waals surface area contributed by atoms with E-state index in [9.17, 15) is 4.39 Å². The van der Waals surface area contributed by atoms with Crippen molar-refractivity contribution in [2.75, 3.05) is 13.7 Å². The Bertz CT molecular complexity index is 367. The van der Waals surface area contributed by atoms with Crippen LogP contribution in [0.4, 0.5) is 4.39 Å². The Morgan fingerprint density at radius 1 is 1.44 bits per heavy atom. The maximum absolute atomic E-state index is 13.6. The van der Waals surface area contributed by atoms with Gasteiger partial charge in [0.05, 0.1) is 13.7 Å². The van der Waals surface area contributed by atoms with Gasteiger partial charge in [-0.1, -0.05) is 6.92 Å². The Labute approximate surface area is 95.3 Å². The second-order valence-electron chi connectivity index (χ2n) is 3.63. The van der Waals surface area contributed by atoms with Gasteiger partial charge in [-0.3, -0.25) is 0 Å². The molecule has 0 amide bonds. The molecule has 0 aliphatic carbocycles. The Balaban J connectivity index is 3.20. The molecule has 0 unspecified atom stereocenters. The normalized spacial score (nSPS) is 10.6. The molecule has 0 spiro atoms. The van der Waals surface area contributed by atoms with Crippen molar-refractivity contribution in [2.45, 2.75) is 26.7 Å². The van der Waals surface area contributed by atoms with E-state index in [1.165, 1.54) is 6.07 Å². The molecule has 0 atom stereocenters. The van der Waals surface area contributed by atoms with Crippen LogP contribution in [0.15, 0.2) is 6.07 Å². The summed E-state index contributed by atoms with van der Waals surface area (Å²) in [7, 11) is 1.56. The first-order valence-electron chi connectivity index (χ1n) is 5.32. The summed E-state index contributed by atoms with van der Waals surface area (Å²) in [4.78, 5) is 4.53. The SMILES string of the molecule is CCc1c(CCON)cc(F)c(C)c1OC. The van der Waals surface area contributed by atoms with Crippen molar-refractivity contribution < 1.29 is 14.0 Å². The topological polar surface area (TPSA) is 44.5 Å². The smallest absolute Gasteiger partial charge is 0.130 e. The van der Waals surface area contributed by atoms with Crippen LogP contribution in [0.1, 0.15) is 23.6 Å². The lowest BCUT2D eigenvalue weighted by Gasteiger charge is -2.15. The fourth-order valence-corrected chi connectivity index (χ4v) is 1.88. The second kappa shape index (κ2) is 5.82. The highest BCUT2D eigenvalue weighted by Gasteiger charge is 2.14. The van der Waals surface area contributed by atoms with E-state index >= 15 is 0 Å². The maximum Gasteiger partial charge on any atom is 0.130 e. The minimum Gasteiger partial charge on any atom is -0.496 e. The minimum atomic E-state index is -0.249. The van der Waals surface area contributed by atoms with Gasteiger partial charge in [0, 0.05) is 5.56 Å². The molecule has 0 saturated heterocycles. The van der Waals surface area contributed by atoms with Crippen LogP contribution in [0.5, 0.6) is 5.75 Å². The molecule has 0 saturated carbocycles. The molecular formula is C12H18FNO2. The maximum atomic E-state index is 13.6. The van der Waals surface area contributed by atoms with Crippen LogP contribution in [0, 0.1) is 12.7 Å². The van der Waals surface area contributed by atoms with Gasteiger partial charge in [0.1, 0.15) is 11.6 Å². The van der Waals surface area contributed by atoms with Gasteiger partial charge in [-0.25, -0.2) is 10.3 Å². The summed E-state index contributed by atoms with van der Waals surface area (Å²) in [5.74, 6) is 5.37. The average molecular weight is 227 g/mol. The van der Waals surface area contributed by atoms with Crippen molar-refractivity contribution in [2.24, 2.45) is 5.90 Å². The highest BCUT2D eigenvalue weighted by Crippen LogP contribution is 2.30. The van der Waals surface area contributed by atoms with Crippen LogP contribution < -0.4 is 10.6 Å². The first kappa shape index (κ1) is 12.9. The zero-order valence-corrected chi connectivity index (χ0v) is 9.97. The number of hydrogen-bond donors (Lipinski definition) is 1. The van der Waals surface area contributed by atoms with Crippen LogP contribution in [-0.4, -0.2) is 13.7 Å². The predicted molar refractivity (Wildman–Crippen MR) is 60.9 cm³/mol. The van der Waals surface area contributed by atoms with Gasteiger partial charge in [0.2, 0.25) is 0 Å². The number of benzene rings is 1. The quantitative estimate of drug-likeness (QED) is 0.784. The molecule has 0 fully saturated rings. The molecule has 1 aromatic rings. The van der Waals surface area contributed by atoms with Crippen LogP contribution >= 0.6 is 0 Å². The summed E-state index contributed by atoms with van der Waals surface area (Å²) in [6.45, 7) is 4.11. The number of methoxy groups -OCH3 is 1. The second-order valence-corrected chi connectivity index (χ2v) is 3.63. The largest absolute Gasteiger partial charge is 0.496 e. The van der Waals surface area contributed by atoms with Crippen molar-refractivity contribution in [3.63, 3.8) is 0 Å². The molecule has 3 nitrogen and oxygen atoms in total. The first-order valence-corrected chi connectivity index (χ1v) is 5.32. The van der Waals surface area contributed by atoms with Crippen molar-refractivity contribution >= 4 is 0 Å². The monoisotopic (exact) mass is 227 g/mol. The molecule has 1 aromatic carbocycles. The number of nitrogens with two attached hydrogens (primary N) is 1. The van der Waals surface area contributed by atoms with Gasteiger partial charge in [0.15, 0.2) is 0 Å². The van der Waals surface area contributed by atoms with Gasteiger partial charge in [-0.15, -0.1) is 0 Å². The van der Waals surface area contributed by atoms with E-state index in [0.29, 0.717) is 24.3 Å². The molecule has 0 aliphatic rings. The molecule has 0 aliphatic heterocycles. The fourth-order valence-electron chi connectivity index (χ4n) is 1.88. The van der Waals surface area contributed by atoms with Crippen molar-refractivity contribution in [3.05, 3.63) is 28.6 Å². The lowest BCUT2D eigenvalue weighted by Crippen LogP contribution is -2.08. The third-order valence-corrected chi connectivity index (χ3v) is 2.71. The van der Waals surface area contributed by atoms with Crippen LogP contribution in [0.25, 0.3) is 0 Å². The number of halogens is 1. The van der Waals surface area contributed by atoms with E-state index in [2.05, 4.69) is 4.84 Å². The van der Waals surface area contributed by atoms with Crippen molar-refractivity contribution in [1.29, 1.82) is 0 Å². The number of hydrogen-bond acceptors (Lipinski definition) is 3. The zero-order valence-electron chi connectivity index (χ0n) is 9.97. The molecule has 4 heteroatoms. The van der Waals surface area contributed by atoms with Crippen molar-refractivity contribution in [1.82, 2.24) is 0 Å². The van der Waals surface area contributed by atoms with E-state index in [4.69, 9.17) is 10.6 Å². The number of rotatable bonds is 5. The van der Waals surface area contributed by atoms with E-state index in [-0.39, 0.29) is 5.82 Å². The van der Waals surface area contributed by atoms with Crippen LogP contribution in [-0.2, 0) is 17.7 Å². The van der Waals surface area contributed by atoms with E-state index < -0.39 is 0 Å². The Hall–Kier alpha value is -1.13. The van der Waals surface area contributed by atoms with Gasteiger partial charge in [0.25, 0.3) is 0 Å². The summed E-state index contributed by atoms with van der Waals surface area (Å²) >= 11 is 0. The Morgan fingerprint density at radius 3 is 2.62 bits per heavy atom. The molecule has 0 aromatic heterocycles. The predicted octanol–water partition coefficient (Wildman–Crippen LogP) is 2.14. The highest BCUT2D eigenvalue weighted by molar-refractivity contribution is 5.47. The van der Waals surface area contributed by atoms with Gasteiger partial charge in [-0.2, -0.15) is 0 Å². The molecule has 0 radical (unpaired) electrons. The zero-order chi connectivity index (χ0) is 12.1. The molecule has 90 valence electrons. The standard InChI is InChI=1S/C12H18FNO2/c1-4-10-9(5-6-16-14)7-11(13)8(2)12(10)15-3/h7H,4-6,14H2,1-3H3. The van der Waals surface area contributed by atoms with Crippen LogP contribution in [0.2, 0.25) is 0 Å². The third kappa shape index (κ3) is 2.51. The average Bonchev–Trinajstić information content (AvgIpc) is 2.29. The molecule has 0 heterocycles. The van der Waals surface area contributed by atoms with Crippen LogP contribution in [0.3, 0.4) is 0 Å². The van der Waals surface area contributed by atoms with Crippen molar-refractivity contribution in [3.8, 4) is 5.75 Å². The summed E-state index contributed by atoms with van der Waals surface area (Å²) in [6, 6.07) is 1.54.